The molecule has 4 atom stereocenters. The molecule has 2 aromatic rings. The van der Waals surface area contributed by atoms with Crippen molar-refractivity contribution in [3.8, 4) is 0 Å². The van der Waals surface area contributed by atoms with E-state index in [1.54, 1.807) is 0 Å². The lowest BCUT2D eigenvalue weighted by molar-refractivity contribution is 0.0982. The molecule has 174 valence electrons. The van der Waals surface area contributed by atoms with E-state index in [2.05, 4.69) is 12.1 Å². The van der Waals surface area contributed by atoms with E-state index in [9.17, 15) is 4.79 Å². The normalized spacial score (nSPS) is 29.7. The van der Waals surface area contributed by atoms with Gasteiger partial charge in [0.1, 0.15) is 0 Å². The van der Waals surface area contributed by atoms with Gasteiger partial charge in [-0.2, -0.15) is 0 Å². The van der Waals surface area contributed by atoms with E-state index in [4.69, 9.17) is 18.9 Å². The minimum absolute atomic E-state index is 0.179. The first-order valence-corrected chi connectivity index (χ1v) is 12.3. The zero-order valence-electron chi connectivity index (χ0n) is 19.0. The number of ether oxygens (including phenoxy) is 4. The lowest BCUT2D eigenvalue weighted by Gasteiger charge is -2.42. The van der Waals surface area contributed by atoms with Gasteiger partial charge in [0.25, 0.3) is 0 Å². The second-order valence-electron chi connectivity index (χ2n) is 10.2. The summed E-state index contributed by atoms with van der Waals surface area (Å²) < 4.78 is 23.0. The molecule has 4 heterocycles. The molecule has 4 aliphatic heterocycles. The fraction of sp³-hybridized carbons (Fsp3) is 0.536. The van der Waals surface area contributed by atoms with Crippen LogP contribution in [-0.4, -0.2) is 56.6 Å². The third kappa shape index (κ3) is 5.22. The van der Waals surface area contributed by atoms with Gasteiger partial charge in [-0.1, -0.05) is 54.6 Å². The molecule has 0 aliphatic carbocycles. The summed E-state index contributed by atoms with van der Waals surface area (Å²) in [5, 5.41) is 0. The monoisotopic (exact) mass is 448 g/mol. The molecule has 5 nitrogen and oxygen atoms in total. The Balaban J connectivity index is 1.40. The highest BCUT2D eigenvalue weighted by Gasteiger charge is 2.52. The van der Waals surface area contributed by atoms with Crippen LogP contribution in [0.25, 0.3) is 0 Å². The van der Waals surface area contributed by atoms with Crippen LogP contribution in [0.1, 0.15) is 47.2 Å². The summed E-state index contributed by atoms with van der Waals surface area (Å²) in [7, 11) is 0. The van der Waals surface area contributed by atoms with Crippen molar-refractivity contribution in [2.45, 2.75) is 61.9 Å². The summed E-state index contributed by atoms with van der Waals surface area (Å²) in [5.41, 5.74) is 2.88. The van der Waals surface area contributed by atoms with Crippen molar-refractivity contribution in [1.82, 2.24) is 0 Å². The summed E-state index contributed by atoms with van der Waals surface area (Å²) in [5.74, 6) is 0.537. The fourth-order valence-electron chi connectivity index (χ4n) is 5.67. The Morgan fingerprint density at radius 3 is 1.82 bits per heavy atom. The molecule has 6 rings (SSSR count). The summed E-state index contributed by atoms with van der Waals surface area (Å²) in [4.78, 5) is 13.7. The van der Waals surface area contributed by atoms with Gasteiger partial charge in [-0.05, 0) is 42.7 Å². The zero-order chi connectivity index (χ0) is 22.3. The van der Waals surface area contributed by atoms with E-state index in [0.29, 0.717) is 24.5 Å². The number of epoxide rings is 4. The highest BCUT2D eigenvalue weighted by Crippen LogP contribution is 2.51. The first-order valence-electron chi connectivity index (χ1n) is 12.3. The van der Waals surface area contributed by atoms with E-state index >= 15 is 0 Å². The van der Waals surface area contributed by atoms with Gasteiger partial charge >= 0.3 is 0 Å². The Morgan fingerprint density at radius 1 is 0.758 bits per heavy atom. The molecular formula is C28H32O5. The van der Waals surface area contributed by atoms with Crippen molar-refractivity contribution in [2.75, 3.05) is 26.4 Å². The average Bonchev–Trinajstić information content (AvgIpc) is 3.65. The fourth-order valence-corrected chi connectivity index (χ4v) is 5.67. The van der Waals surface area contributed by atoms with Crippen molar-refractivity contribution in [1.29, 1.82) is 0 Å². The number of ketones is 1. The number of hydrogen-bond acceptors (Lipinski definition) is 5. The van der Waals surface area contributed by atoms with E-state index < -0.39 is 0 Å². The third-order valence-corrected chi connectivity index (χ3v) is 7.64. The molecule has 0 saturated carbocycles. The first kappa shape index (κ1) is 21.5. The Labute approximate surface area is 195 Å². The number of carbonyl (C=O) groups excluding carboxylic acids is 1. The molecule has 0 bridgehead atoms. The molecule has 2 aromatic carbocycles. The van der Waals surface area contributed by atoms with Gasteiger partial charge in [0, 0.05) is 17.4 Å². The molecule has 4 aliphatic rings. The molecule has 0 aromatic heterocycles. The molecule has 0 amide bonds. The van der Waals surface area contributed by atoms with Crippen LogP contribution in [0.2, 0.25) is 0 Å². The zero-order valence-corrected chi connectivity index (χ0v) is 19.0. The first-order chi connectivity index (χ1) is 16.2. The highest BCUT2D eigenvalue weighted by molar-refractivity contribution is 5.99. The molecule has 5 heteroatoms. The maximum absolute atomic E-state index is 13.7. The standard InChI is InChI=1S/C28H32O5/c29-27(10-19-6-2-1-3-7-19)25-8-4-5-9-26(25)28(13-23-17-32-23,14-24-18-33-24)20(11-21-15-30-21)12-22-16-31-22/h1-9,20-24H,10-18H2. The van der Waals surface area contributed by atoms with Crippen LogP contribution < -0.4 is 0 Å². The van der Waals surface area contributed by atoms with Gasteiger partial charge in [0.2, 0.25) is 0 Å². The molecule has 0 radical (unpaired) electrons. The predicted molar refractivity (Wildman–Crippen MR) is 124 cm³/mol. The summed E-state index contributed by atoms with van der Waals surface area (Å²) >= 11 is 0. The Hall–Kier alpha value is -2.05. The van der Waals surface area contributed by atoms with E-state index in [1.807, 2.05) is 42.5 Å². The van der Waals surface area contributed by atoms with Crippen LogP contribution in [0, 0.1) is 5.92 Å². The van der Waals surface area contributed by atoms with Crippen LogP contribution in [0.3, 0.4) is 0 Å². The quantitative estimate of drug-likeness (QED) is 0.341. The molecule has 0 N–H and O–H groups in total. The lowest BCUT2D eigenvalue weighted by atomic mass is 9.60. The number of carbonyl (C=O) groups is 1. The smallest absolute Gasteiger partial charge is 0.167 e. The van der Waals surface area contributed by atoms with Crippen molar-refractivity contribution in [3.05, 3.63) is 71.3 Å². The molecule has 4 fully saturated rings. The van der Waals surface area contributed by atoms with Crippen molar-refractivity contribution >= 4 is 5.78 Å². The molecular weight excluding hydrogens is 416 g/mol. The lowest BCUT2D eigenvalue weighted by Crippen LogP contribution is -2.41. The Bertz CT molecular complexity index is 945. The van der Waals surface area contributed by atoms with Crippen LogP contribution >= 0.6 is 0 Å². The Kier molecular flexibility index (Phi) is 5.83. The summed E-state index contributed by atoms with van der Waals surface area (Å²) in [6.45, 7) is 3.29. The van der Waals surface area contributed by atoms with Crippen LogP contribution in [0.15, 0.2) is 54.6 Å². The maximum Gasteiger partial charge on any atom is 0.167 e. The van der Waals surface area contributed by atoms with Crippen LogP contribution in [0.4, 0.5) is 0 Å². The van der Waals surface area contributed by atoms with Crippen molar-refractivity contribution in [3.63, 3.8) is 0 Å². The average molecular weight is 449 g/mol. The van der Waals surface area contributed by atoms with Crippen LogP contribution in [-0.2, 0) is 30.8 Å². The topological polar surface area (TPSA) is 67.2 Å². The number of hydrogen-bond donors (Lipinski definition) is 0. The van der Waals surface area contributed by atoms with E-state index in [-0.39, 0.29) is 23.4 Å². The molecule has 4 unspecified atom stereocenters. The number of Topliss-reactive ketones (excluding diaryl/α,β-unsaturated/α-hetero) is 1. The molecule has 4 saturated heterocycles. The molecule has 0 spiro atoms. The minimum Gasteiger partial charge on any atom is -0.373 e. The van der Waals surface area contributed by atoms with Gasteiger partial charge < -0.3 is 18.9 Å². The van der Waals surface area contributed by atoms with Gasteiger partial charge in [0.05, 0.1) is 50.8 Å². The number of rotatable bonds is 13. The number of benzene rings is 2. The van der Waals surface area contributed by atoms with Crippen molar-refractivity contribution < 1.29 is 23.7 Å². The summed E-state index contributed by atoms with van der Waals surface area (Å²) in [6, 6.07) is 18.3. The molecule has 33 heavy (non-hydrogen) atoms. The van der Waals surface area contributed by atoms with Gasteiger partial charge in [-0.15, -0.1) is 0 Å². The highest BCUT2D eigenvalue weighted by atomic mass is 16.6. The van der Waals surface area contributed by atoms with Crippen molar-refractivity contribution in [2.24, 2.45) is 5.92 Å². The predicted octanol–water partition coefficient (Wildman–Crippen LogP) is 4.12. The largest absolute Gasteiger partial charge is 0.373 e. The van der Waals surface area contributed by atoms with E-state index in [0.717, 1.165) is 63.2 Å². The third-order valence-electron chi connectivity index (χ3n) is 7.64. The van der Waals surface area contributed by atoms with Crippen LogP contribution in [0.5, 0.6) is 0 Å². The van der Waals surface area contributed by atoms with Gasteiger partial charge in [-0.25, -0.2) is 0 Å². The SMILES string of the molecule is O=C(Cc1ccccc1)c1ccccc1C(CC1CO1)(CC1CO1)C(CC1CO1)CC1CO1. The Morgan fingerprint density at radius 2 is 1.27 bits per heavy atom. The van der Waals surface area contributed by atoms with Gasteiger partial charge in [0.15, 0.2) is 5.78 Å². The summed E-state index contributed by atoms with van der Waals surface area (Å²) in [6.07, 6.45) is 5.41. The second kappa shape index (κ2) is 8.95. The van der Waals surface area contributed by atoms with Gasteiger partial charge in [-0.3, -0.25) is 4.79 Å². The second-order valence-corrected chi connectivity index (χ2v) is 10.2. The maximum atomic E-state index is 13.7. The minimum atomic E-state index is -0.191. The van der Waals surface area contributed by atoms with E-state index in [1.165, 1.54) is 5.56 Å².